The molecule has 2 N–H and O–H groups in total. The standard InChI is InChI=1S/C11H15Cl2N/c1-5(2)8-10(13)9(12)6(3)7(4)11(8)14/h5H,14H2,1-4H3. The summed E-state index contributed by atoms with van der Waals surface area (Å²) in [7, 11) is 0. The van der Waals surface area contributed by atoms with Crippen LogP contribution >= 0.6 is 23.2 Å². The van der Waals surface area contributed by atoms with Gasteiger partial charge in [0.15, 0.2) is 0 Å². The number of rotatable bonds is 1. The lowest BCUT2D eigenvalue weighted by atomic mass is 9.95. The van der Waals surface area contributed by atoms with Gasteiger partial charge in [0, 0.05) is 5.69 Å². The zero-order valence-electron chi connectivity index (χ0n) is 8.91. The monoisotopic (exact) mass is 231 g/mol. The molecule has 0 atom stereocenters. The van der Waals surface area contributed by atoms with Crippen molar-refractivity contribution in [1.82, 2.24) is 0 Å². The van der Waals surface area contributed by atoms with Gasteiger partial charge in [-0.1, -0.05) is 37.0 Å². The summed E-state index contributed by atoms with van der Waals surface area (Å²) in [5.41, 5.74) is 9.74. The van der Waals surface area contributed by atoms with Crippen molar-refractivity contribution in [2.45, 2.75) is 33.6 Å². The molecule has 0 saturated heterocycles. The topological polar surface area (TPSA) is 26.0 Å². The molecule has 1 nitrogen and oxygen atoms in total. The van der Waals surface area contributed by atoms with Gasteiger partial charge in [-0.15, -0.1) is 0 Å². The predicted octanol–water partition coefficient (Wildman–Crippen LogP) is 4.32. The van der Waals surface area contributed by atoms with E-state index >= 15 is 0 Å². The van der Waals surface area contributed by atoms with Gasteiger partial charge in [-0.3, -0.25) is 0 Å². The lowest BCUT2D eigenvalue weighted by molar-refractivity contribution is 0.868. The average Bonchev–Trinajstić information content (AvgIpc) is 2.11. The van der Waals surface area contributed by atoms with Crippen LogP contribution in [-0.2, 0) is 0 Å². The third kappa shape index (κ3) is 1.71. The maximum Gasteiger partial charge on any atom is 0.0650 e. The van der Waals surface area contributed by atoms with E-state index in [1.807, 2.05) is 13.8 Å². The number of hydrogen-bond donors (Lipinski definition) is 1. The van der Waals surface area contributed by atoms with Crippen LogP contribution in [-0.4, -0.2) is 0 Å². The summed E-state index contributed by atoms with van der Waals surface area (Å²) >= 11 is 12.3. The van der Waals surface area contributed by atoms with Crippen molar-refractivity contribution in [3.63, 3.8) is 0 Å². The Morgan fingerprint density at radius 3 is 1.93 bits per heavy atom. The molecule has 0 unspecified atom stereocenters. The number of anilines is 1. The van der Waals surface area contributed by atoms with Crippen LogP contribution in [0, 0.1) is 13.8 Å². The fourth-order valence-electron chi connectivity index (χ4n) is 1.53. The van der Waals surface area contributed by atoms with E-state index in [2.05, 4.69) is 13.8 Å². The average molecular weight is 232 g/mol. The first kappa shape index (κ1) is 11.7. The van der Waals surface area contributed by atoms with Gasteiger partial charge in [0.1, 0.15) is 0 Å². The normalized spacial score (nSPS) is 11.1. The third-order valence-corrected chi connectivity index (χ3v) is 3.55. The molecule has 0 fully saturated rings. The Kier molecular flexibility index (Phi) is 3.33. The molecule has 14 heavy (non-hydrogen) atoms. The summed E-state index contributed by atoms with van der Waals surface area (Å²) < 4.78 is 0. The Morgan fingerprint density at radius 1 is 1.00 bits per heavy atom. The molecule has 1 rings (SSSR count). The van der Waals surface area contributed by atoms with Gasteiger partial charge in [-0.05, 0) is 36.5 Å². The number of hydrogen-bond acceptors (Lipinski definition) is 1. The number of nitrogens with two attached hydrogens (primary N) is 1. The minimum Gasteiger partial charge on any atom is -0.398 e. The summed E-state index contributed by atoms with van der Waals surface area (Å²) in [5, 5.41) is 1.23. The Balaban J connectivity index is 3.60. The molecule has 0 amide bonds. The SMILES string of the molecule is Cc1c(C)c(Cl)c(Cl)c(C(C)C)c1N. The van der Waals surface area contributed by atoms with Gasteiger partial charge in [0.2, 0.25) is 0 Å². The van der Waals surface area contributed by atoms with Gasteiger partial charge < -0.3 is 5.73 Å². The van der Waals surface area contributed by atoms with Gasteiger partial charge in [-0.2, -0.15) is 0 Å². The van der Waals surface area contributed by atoms with E-state index in [1.165, 1.54) is 0 Å². The first-order chi connectivity index (χ1) is 6.37. The number of benzene rings is 1. The summed E-state index contributed by atoms with van der Waals surface area (Å²) in [6, 6.07) is 0. The van der Waals surface area contributed by atoms with Crippen LogP contribution in [0.1, 0.15) is 36.5 Å². The molecule has 78 valence electrons. The van der Waals surface area contributed by atoms with E-state index in [0.29, 0.717) is 16.0 Å². The third-order valence-electron chi connectivity index (χ3n) is 2.59. The van der Waals surface area contributed by atoms with Gasteiger partial charge in [0.25, 0.3) is 0 Å². The molecule has 0 spiro atoms. The lowest BCUT2D eigenvalue weighted by Crippen LogP contribution is -2.03. The fraction of sp³-hybridized carbons (Fsp3) is 0.455. The van der Waals surface area contributed by atoms with Crippen molar-refractivity contribution in [3.8, 4) is 0 Å². The molecule has 0 aliphatic carbocycles. The second kappa shape index (κ2) is 4.00. The number of nitrogen functional groups attached to an aromatic ring is 1. The van der Waals surface area contributed by atoms with E-state index in [-0.39, 0.29) is 0 Å². The summed E-state index contributed by atoms with van der Waals surface area (Å²) in [6.07, 6.45) is 0. The molecule has 0 heterocycles. The Hall–Kier alpha value is -0.400. The Bertz CT molecular complexity index is 341. The molecule has 0 aliphatic heterocycles. The fourth-order valence-corrected chi connectivity index (χ4v) is 2.24. The highest BCUT2D eigenvalue weighted by molar-refractivity contribution is 6.43. The molecule has 1 aromatic carbocycles. The molecule has 0 radical (unpaired) electrons. The van der Waals surface area contributed by atoms with Crippen molar-refractivity contribution in [2.24, 2.45) is 0 Å². The van der Waals surface area contributed by atoms with Crippen LogP contribution in [0.4, 0.5) is 5.69 Å². The number of halogens is 2. The second-order valence-electron chi connectivity index (χ2n) is 3.86. The highest BCUT2D eigenvalue weighted by Crippen LogP contribution is 2.40. The van der Waals surface area contributed by atoms with Gasteiger partial charge in [0.05, 0.1) is 10.0 Å². The van der Waals surface area contributed by atoms with E-state index in [9.17, 15) is 0 Å². The quantitative estimate of drug-likeness (QED) is 0.717. The van der Waals surface area contributed by atoms with Crippen molar-refractivity contribution in [3.05, 3.63) is 26.7 Å². The van der Waals surface area contributed by atoms with E-state index < -0.39 is 0 Å². The van der Waals surface area contributed by atoms with Crippen LogP contribution in [0.15, 0.2) is 0 Å². The van der Waals surface area contributed by atoms with Crippen LogP contribution < -0.4 is 5.73 Å². The van der Waals surface area contributed by atoms with E-state index in [4.69, 9.17) is 28.9 Å². The van der Waals surface area contributed by atoms with Crippen molar-refractivity contribution in [1.29, 1.82) is 0 Å². The van der Waals surface area contributed by atoms with Crippen molar-refractivity contribution >= 4 is 28.9 Å². The summed E-state index contributed by atoms with van der Waals surface area (Å²) in [4.78, 5) is 0. The van der Waals surface area contributed by atoms with E-state index in [0.717, 1.165) is 22.4 Å². The van der Waals surface area contributed by atoms with Crippen LogP contribution in [0.2, 0.25) is 10.0 Å². The second-order valence-corrected chi connectivity index (χ2v) is 4.62. The molecule has 0 aliphatic rings. The van der Waals surface area contributed by atoms with E-state index in [1.54, 1.807) is 0 Å². The first-order valence-electron chi connectivity index (χ1n) is 4.61. The van der Waals surface area contributed by atoms with Gasteiger partial charge in [-0.25, -0.2) is 0 Å². The Labute approximate surface area is 95.2 Å². The van der Waals surface area contributed by atoms with Gasteiger partial charge >= 0.3 is 0 Å². The zero-order valence-corrected chi connectivity index (χ0v) is 10.4. The largest absolute Gasteiger partial charge is 0.398 e. The smallest absolute Gasteiger partial charge is 0.0650 e. The van der Waals surface area contributed by atoms with Crippen LogP contribution in [0.5, 0.6) is 0 Å². The molecular weight excluding hydrogens is 217 g/mol. The maximum absolute atomic E-state index is 6.16. The molecule has 0 saturated carbocycles. The Morgan fingerprint density at radius 2 is 1.50 bits per heavy atom. The van der Waals surface area contributed by atoms with Crippen LogP contribution in [0.25, 0.3) is 0 Å². The molecule has 1 aromatic rings. The summed E-state index contributed by atoms with van der Waals surface area (Å²) in [6.45, 7) is 8.02. The zero-order chi connectivity index (χ0) is 11.0. The van der Waals surface area contributed by atoms with Crippen molar-refractivity contribution in [2.75, 3.05) is 5.73 Å². The highest BCUT2D eigenvalue weighted by atomic mass is 35.5. The van der Waals surface area contributed by atoms with Crippen molar-refractivity contribution < 1.29 is 0 Å². The summed E-state index contributed by atoms with van der Waals surface area (Å²) in [5.74, 6) is 0.291. The molecule has 0 bridgehead atoms. The lowest BCUT2D eigenvalue weighted by Gasteiger charge is -2.17. The first-order valence-corrected chi connectivity index (χ1v) is 5.37. The molecule has 3 heteroatoms. The maximum atomic E-state index is 6.16. The minimum atomic E-state index is 0.291. The highest BCUT2D eigenvalue weighted by Gasteiger charge is 2.17. The molecular formula is C11H15Cl2N. The minimum absolute atomic E-state index is 0.291. The van der Waals surface area contributed by atoms with Crippen LogP contribution in [0.3, 0.4) is 0 Å². The molecule has 0 aromatic heterocycles. The predicted molar refractivity (Wildman–Crippen MR) is 64.4 cm³/mol.